The number of allylic oxidation sites excluding steroid dienone is 1. The van der Waals surface area contributed by atoms with Gasteiger partial charge in [-0.2, -0.15) is 0 Å². The number of aliphatic hydroxyl groups is 2. The molecular formula is C53H70FN3O7. The molecule has 2 saturated carbocycles. The third-order valence-corrected chi connectivity index (χ3v) is 13.6. The SMILES string of the molecule is C=CCOC12Oc3ccc(OCc4cccc(C)n4)cc3C3C(CCCCO)C(CCCCO)C=C(C(=NOC(C)(C)C)CC1N(Cc1ccc(F)cc1)C(=O)CCC1CCCC1)C32. The summed E-state index contributed by atoms with van der Waals surface area (Å²) in [6.45, 7) is 12.9. The molecule has 0 radical (unpaired) electrons. The van der Waals surface area contributed by atoms with Crippen LogP contribution in [0.15, 0.2) is 90.1 Å². The number of carbonyl (C=O) groups is 1. The Morgan fingerprint density at radius 2 is 1.77 bits per heavy atom. The van der Waals surface area contributed by atoms with E-state index in [2.05, 4.69) is 23.7 Å². The molecular weight excluding hydrogens is 810 g/mol. The Morgan fingerprint density at radius 1 is 1.02 bits per heavy atom. The number of aliphatic hydroxyl groups excluding tert-OH is 2. The Labute approximate surface area is 379 Å². The van der Waals surface area contributed by atoms with E-state index in [1.54, 1.807) is 18.2 Å². The topological polar surface area (TPSA) is 123 Å². The summed E-state index contributed by atoms with van der Waals surface area (Å²) in [5.74, 6) is -0.413. The lowest BCUT2D eigenvalue weighted by atomic mass is 9.55. The molecule has 0 saturated heterocycles. The van der Waals surface area contributed by atoms with Crippen LogP contribution in [0.3, 0.4) is 0 Å². The molecule has 64 heavy (non-hydrogen) atoms. The van der Waals surface area contributed by atoms with E-state index in [4.69, 9.17) is 24.2 Å². The number of pyridine rings is 1. The molecule has 6 unspecified atom stereocenters. The van der Waals surface area contributed by atoms with Crippen LogP contribution in [0.2, 0.25) is 0 Å². The van der Waals surface area contributed by atoms with E-state index < -0.39 is 23.3 Å². The summed E-state index contributed by atoms with van der Waals surface area (Å²) in [7, 11) is 0. The molecule has 3 aromatic rings. The highest BCUT2D eigenvalue weighted by Crippen LogP contribution is 2.62. The van der Waals surface area contributed by atoms with Gasteiger partial charge in [-0.15, -0.1) is 6.58 Å². The number of halogens is 1. The number of benzene rings is 2. The second kappa shape index (κ2) is 21.6. The number of aryl methyl sites for hydroxylation is 1. The number of unbranched alkanes of at least 4 members (excludes halogenated alkanes) is 2. The number of ether oxygens (including phenoxy) is 3. The molecule has 346 valence electrons. The van der Waals surface area contributed by atoms with E-state index in [0.29, 0.717) is 43.3 Å². The number of hydrogen-bond acceptors (Lipinski definition) is 9. The van der Waals surface area contributed by atoms with Gasteiger partial charge in [0.1, 0.15) is 35.6 Å². The Kier molecular flexibility index (Phi) is 16.0. The average molecular weight is 880 g/mol. The lowest BCUT2D eigenvalue weighted by Gasteiger charge is -2.60. The van der Waals surface area contributed by atoms with Crippen molar-refractivity contribution in [3.8, 4) is 11.5 Å². The first kappa shape index (κ1) is 47.4. The summed E-state index contributed by atoms with van der Waals surface area (Å²) < 4.78 is 35.6. The minimum Gasteiger partial charge on any atom is -0.487 e. The van der Waals surface area contributed by atoms with Crippen molar-refractivity contribution in [3.05, 3.63) is 113 Å². The number of carbonyl (C=O) groups excluding carboxylic acids is 1. The summed E-state index contributed by atoms with van der Waals surface area (Å²) in [5.41, 5.74) is 4.64. The van der Waals surface area contributed by atoms with Gasteiger partial charge >= 0.3 is 0 Å². The zero-order chi connectivity index (χ0) is 45.3. The summed E-state index contributed by atoms with van der Waals surface area (Å²) >= 11 is 0. The van der Waals surface area contributed by atoms with E-state index >= 15 is 4.79 Å². The fourth-order valence-corrected chi connectivity index (χ4v) is 10.7. The quantitative estimate of drug-likeness (QED) is 0.0616. The lowest BCUT2D eigenvalue weighted by Crippen LogP contribution is -2.70. The summed E-state index contributed by atoms with van der Waals surface area (Å²) in [6, 6.07) is 17.6. The maximum atomic E-state index is 15.1. The van der Waals surface area contributed by atoms with Gasteiger partial charge in [0.2, 0.25) is 11.7 Å². The number of nitrogens with zero attached hydrogens (tertiary/aromatic N) is 3. The molecule has 10 nitrogen and oxygen atoms in total. The molecule has 2 aromatic carbocycles. The predicted molar refractivity (Wildman–Crippen MR) is 247 cm³/mol. The Hall–Kier alpha value is -4.58. The molecule has 2 heterocycles. The van der Waals surface area contributed by atoms with Crippen molar-refractivity contribution >= 4 is 11.6 Å². The van der Waals surface area contributed by atoms with Gasteiger partial charge in [-0.3, -0.25) is 9.78 Å². The van der Waals surface area contributed by atoms with Gasteiger partial charge < -0.3 is 34.2 Å². The van der Waals surface area contributed by atoms with Crippen LogP contribution in [0.4, 0.5) is 4.39 Å². The number of oxime groups is 1. The van der Waals surface area contributed by atoms with Crippen LogP contribution in [0.25, 0.3) is 0 Å². The summed E-state index contributed by atoms with van der Waals surface area (Å²) in [6.07, 6.45) is 14.8. The first-order valence-corrected chi connectivity index (χ1v) is 23.8. The van der Waals surface area contributed by atoms with Crippen LogP contribution < -0.4 is 9.47 Å². The minimum atomic E-state index is -1.40. The van der Waals surface area contributed by atoms with Gasteiger partial charge in [0.15, 0.2) is 0 Å². The molecule has 1 aliphatic heterocycles. The highest BCUT2D eigenvalue weighted by molar-refractivity contribution is 6.03. The van der Waals surface area contributed by atoms with E-state index in [1.807, 2.05) is 62.9 Å². The third-order valence-electron chi connectivity index (χ3n) is 13.6. The van der Waals surface area contributed by atoms with Gasteiger partial charge in [-0.25, -0.2) is 4.39 Å². The second-order valence-corrected chi connectivity index (χ2v) is 19.4. The number of hydrogen-bond donors (Lipinski definition) is 2. The van der Waals surface area contributed by atoms with Crippen LogP contribution in [0, 0.1) is 36.4 Å². The van der Waals surface area contributed by atoms with Crippen molar-refractivity contribution in [3.63, 3.8) is 0 Å². The molecule has 11 heteroatoms. The molecule has 0 spiro atoms. The highest BCUT2D eigenvalue weighted by atomic mass is 19.1. The van der Waals surface area contributed by atoms with Crippen molar-refractivity contribution in [2.75, 3.05) is 19.8 Å². The molecule has 0 bridgehead atoms. The molecule has 4 aliphatic rings. The first-order valence-electron chi connectivity index (χ1n) is 23.8. The molecule has 2 fully saturated rings. The van der Waals surface area contributed by atoms with Crippen LogP contribution in [-0.4, -0.2) is 69.0 Å². The van der Waals surface area contributed by atoms with E-state index in [0.717, 1.165) is 78.7 Å². The third kappa shape index (κ3) is 11.3. The smallest absolute Gasteiger partial charge is 0.239 e. The minimum absolute atomic E-state index is 0.0111. The van der Waals surface area contributed by atoms with Crippen molar-refractivity contribution in [2.24, 2.45) is 28.8 Å². The standard InChI is InChI=1S/C53H70FN3O7/c1-6-30-62-53-48(57(34-38-20-23-40(54)24-21-38)49(60)27-22-37-15-7-8-16-37)33-46(56-64-52(3,4)5)44-31-39(17-9-11-28-58)43(19-10-12-29-59)50(51(44)53)45-32-42(25-26-47(45)63-53)61-35-41-18-13-14-36(2)55-41/h6,13-14,18,20-21,23-26,31-32,37,39,43,48,50-51,58-59H,1,7-12,15-17,19,22,27-30,33-35H2,2-5H3. The average Bonchev–Trinajstić information content (AvgIpc) is 3.81. The van der Waals surface area contributed by atoms with E-state index in [-0.39, 0.29) is 62.3 Å². The summed E-state index contributed by atoms with van der Waals surface area (Å²) in [5, 5.41) is 25.0. The molecule has 6 atom stereocenters. The number of amides is 1. The van der Waals surface area contributed by atoms with Crippen molar-refractivity contribution in [2.45, 2.75) is 148 Å². The predicted octanol–water partition coefficient (Wildman–Crippen LogP) is 10.5. The lowest BCUT2D eigenvalue weighted by molar-refractivity contribution is -0.258. The molecule has 1 amide bonds. The number of aromatic nitrogens is 1. The van der Waals surface area contributed by atoms with Gasteiger partial charge in [0, 0.05) is 49.8 Å². The van der Waals surface area contributed by atoms with Crippen LogP contribution >= 0.6 is 0 Å². The van der Waals surface area contributed by atoms with Crippen LogP contribution in [0.5, 0.6) is 11.5 Å². The molecule has 2 N–H and O–H groups in total. The first-order chi connectivity index (χ1) is 30.9. The second-order valence-electron chi connectivity index (χ2n) is 19.4. The fourth-order valence-electron chi connectivity index (χ4n) is 10.7. The Bertz CT molecular complexity index is 2090. The van der Waals surface area contributed by atoms with Crippen LogP contribution in [0.1, 0.15) is 133 Å². The maximum absolute atomic E-state index is 15.1. The monoisotopic (exact) mass is 880 g/mol. The Morgan fingerprint density at radius 3 is 2.47 bits per heavy atom. The Balaban J connectivity index is 1.43. The van der Waals surface area contributed by atoms with Gasteiger partial charge in [0.25, 0.3) is 0 Å². The summed E-state index contributed by atoms with van der Waals surface area (Å²) in [4.78, 5) is 28.1. The van der Waals surface area contributed by atoms with Crippen molar-refractivity contribution in [1.29, 1.82) is 0 Å². The van der Waals surface area contributed by atoms with E-state index in [9.17, 15) is 14.6 Å². The van der Waals surface area contributed by atoms with Crippen LogP contribution in [-0.2, 0) is 27.5 Å². The molecule has 7 rings (SSSR count). The highest BCUT2D eigenvalue weighted by Gasteiger charge is 2.65. The normalized spacial score (nSPS) is 24.6. The zero-order valence-electron chi connectivity index (χ0n) is 38.5. The van der Waals surface area contributed by atoms with Gasteiger partial charge in [0.05, 0.1) is 23.9 Å². The molecule has 3 aliphatic carbocycles. The van der Waals surface area contributed by atoms with Gasteiger partial charge in [-0.05, 0) is 131 Å². The van der Waals surface area contributed by atoms with Crippen molar-refractivity contribution < 1.29 is 38.4 Å². The van der Waals surface area contributed by atoms with Crippen molar-refractivity contribution in [1.82, 2.24) is 9.88 Å². The fraction of sp³-hybridized carbons (Fsp3) is 0.566. The van der Waals surface area contributed by atoms with E-state index in [1.165, 1.54) is 25.0 Å². The maximum Gasteiger partial charge on any atom is 0.239 e. The van der Waals surface area contributed by atoms with Gasteiger partial charge in [-0.1, -0.05) is 74.0 Å². The number of fused-ring (bicyclic) bond motifs is 2. The molecule has 1 aromatic heterocycles. The largest absolute Gasteiger partial charge is 0.487 e. The number of rotatable bonds is 21. The zero-order valence-corrected chi connectivity index (χ0v) is 38.5.